The van der Waals surface area contributed by atoms with E-state index < -0.39 is 0 Å². The lowest BCUT2D eigenvalue weighted by Crippen LogP contribution is -2.00. The summed E-state index contributed by atoms with van der Waals surface area (Å²) in [6, 6.07) is 7.55. The van der Waals surface area contributed by atoms with Crippen molar-refractivity contribution in [1.82, 2.24) is 4.98 Å². The predicted octanol–water partition coefficient (Wildman–Crippen LogP) is 2.89. The average Bonchev–Trinajstić information content (AvgIpc) is 2.75. The Kier molecular flexibility index (Phi) is 3.59. The van der Waals surface area contributed by atoms with Crippen LogP contribution in [0.25, 0.3) is 11.3 Å². The number of aromatic nitrogens is 1. The molecule has 84 valence electrons. The lowest BCUT2D eigenvalue weighted by Gasteiger charge is -1.95. The molecule has 2 rings (SSSR count). The minimum Gasteiger partial charge on any atom is -0.448 e. The van der Waals surface area contributed by atoms with Crippen molar-refractivity contribution in [3.8, 4) is 11.3 Å². The lowest BCUT2D eigenvalue weighted by atomic mass is 10.2. The van der Waals surface area contributed by atoms with E-state index in [4.69, 9.17) is 21.8 Å². The van der Waals surface area contributed by atoms with Gasteiger partial charge < -0.3 is 10.2 Å². The molecule has 0 fully saturated rings. The number of hydrogen-bond acceptors (Lipinski definition) is 3. The average molecular weight is 237 g/mol. The molecule has 0 atom stereocenters. The molecule has 0 aliphatic heterocycles. The van der Waals surface area contributed by atoms with Gasteiger partial charge in [-0.3, -0.25) is 0 Å². The molecular formula is C12H13ClN2O. The zero-order valence-corrected chi connectivity index (χ0v) is 9.57. The number of benzene rings is 1. The fourth-order valence-electron chi connectivity index (χ4n) is 1.46. The van der Waals surface area contributed by atoms with Crippen LogP contribution in [0.4, 0.5) is 0 Å². The smallest absolute Gasteiger partial charge is 0.194 e. The molecule has 1 heterocycles. The van der Waals surface area contributed by atoms with E-state index >= 15 is 0 Å². The van der Waals surface area contributed by atoms with Gasteiger partial charge >= 0.3 is 0 Å². The molecule has 2 N–H and O–H groups in total. The summed E-state index contributed by atoms with van der Waals surface area (Å²) in [7, 11) is 0. The quantitative estimate of drug-likeness (QED) is 0.888. The molecule has 0 saturated heterocycles. The third-order valence-electron chi connectivity index (χ3n) is 2.27. The van der Waals surface area contributed by atoms with Crippen molar-refractivity contribution < 1.29 is 4.42 Å². The van der Waals surface area contributed by atoms with Crippen LogP contribution in [0.3, 0.4) is 0 Å². The van der Waals surface area contributed by atoms with Gasteiger partial charge in [-0.25, -0.2) is 4.98 Å². The number of hydrogen-bond donors (Lipinski definition) is 1. The first-order chi connectivity index (χ1) is 7.79. The van der Waals surface area contributed by atoms with Crippen LogP contribution in [0, 0.1) is 0 Å². The fraction of sp³-hybridized carbons (Fsp3) is 0.250. The van der Waals surface area contributed by atoms with Gasteiger partial charge in [0.1, 0.15) is 12.0 Å². The molecule has 0 aliphatic carbocycles. The van der Waals surface area contributed by atoms with E-state index in [1.807, 2.05) is 24.3 Å². The maximum Gasteiger partial charge on any atom is 0.194 e. The first kappa shape index (κ1) is 11.2. The van der Waals surface area contributed by atoms with Crippen LogP contribution in [-0.4, -0.2) is 11.5 Å². The summed E-state index contributed by atoms with van der Waals surface area (Å²) in [6.45, 7) is 0.648. The SMILES string of the molecule is NCCCc1nc(-c2cccc(Cl)c2)co1. The largest absolute Gasteiger partial charge is 0.448 e. The Labute approximate surface area is 99.2 Å². The van der Waals surface area contributed by atoms with Gasteiger partial charge in [0.2, 0.25) is 0 Å². The number of halogens is 1. The molecule has 0 aliphatic rings. The summed E-state index contributed by atoms with van der Waals surface area (Å²) in [6.07, 6.45) is 3.31. The first-order valence-corrected chi connectivity index (χ1v) is 5.58. The van der Waals surface area contributed by atoms with Gasteiger partial charge in [-0.2, -0.15) is 0 Å². The number of aryl methyl sites for hydroxylation is 1. The second-order valence-electron chi connectivity index (χ2n) is 3.53. The Bertz CT molecular complexity index is 468. The van der Waals surface area contributed by atoms with Crippen molar-refractivity contribution in [2.24, 2.45) is 5.73 Å². The molecule has 1 aromatic carbocycles. The highest BCUT2D eigenvalue weighted by atomic mass is 35.5. The van der Waals surface area contributed by atoms with Crippen LogP contribution in [-0.2, 0) is 6.42 Å². The fourth-order valence-corrected chi connectivity index (χ4v) is 1.65. The highest BCUT2D eigenvalue weighted by Crippen LogP contribution is 2.22. The zero-order chi connectivity index (χ0) is 11.4. The number of rotatable bonds is 4. The van der Waals surface area contributed by atoms with Crippen molar-refractivity contribution in [2.75, 3.05) is 6.54 Å². The van der Waals surface area contributed by atoms with Crippen molar-refractivity contribution in [3.63, 3.8) is 0 Å². The summed E-state index contributed by atoms with van der Waals surface area (Å²) in [4.78, 5) is 4.38. The van der Waals surface area contributed by atoms with Gasteiger partial charge in [0.05, 0.1) is 0 Å². The molecule has 0 amide bonds. The molecule has 1 aromatic heterocycles. The monoisotopic (exact) mass is 236 g/mol. The minimum atomic E-state index is 0.648. The summed E-state index contributed by atoms with van der Waals surface area (Å²) in [5, 5.41) is 0.698. The van der Waals surface area contributed by atoms with Gasteiger partial charge in [0, 0.05) is 17.0 Å². The Morgan fingerprint density at radius 3 is 3.00 bits per heavy atom. The minimum absolute atomic E-state index is 0.648. The zero-order valence-electron chi connectivity index (χ0n) is 8.82. The summed E-state index contributed by atoms with van der Waals surface area (Å²) >= 11 is 5.91. The van der Waals surface area contributed by atoms with Crippen LogP contribution in [0.2, 0.25) is 5.02 Å². The van der Waals surface area contributed by atoms with E-state index in [2.05, 4.69) is 4.98 Å². The molecule has 4 heteroatoms. The topological polar surface area (TPSA) is 52.0 Å². The van der Waals surface area contributed by atoms with Crippen molar-refractivity contribution in [2.45, 2.75) is 12.8 Å². The van der Waals surface area contributed by atoms with Crippen LogP contribution >= 0.6 is 11.6 Å². The van der Waals surface area contributed by atoms with E-state index in [9.17, 15) is 0 Å². The first-order valence-electron chi connectivity index (χ1n) is 5.20. The second kappa shape index (κ2) is 5.14. The molecule has 0 bridgehead atoms. The number of nitrogens with two attached hydrogens (primary N) is 1. The van der Waals surface area contributed by atoms with E-state index in [1.165, 1.54) is 0 Å². The Hall–Kier alpha value is -1.32. The highest BCUT2D eigenvalue weighted by molar-refractivity contribution is 6.30. The van der Waals surface area contributed by atoms with Crippen LogP contribution < -0.4 is 5.73 Å². The normalized spacial score (nSPS) is 10.6. The van der Waals surface area contributed by atoms with E-state index in [0.29, 0.717) is 11.6 Å². The maximum atomic E-state index is 5.91. The van der Waals surface area contributed by atoms with Gasteiger partial charge in [-0.15, -0.1) is 0 Å². The number of oxazole rings is 1. The van der Waals surface area contributed by atoms with Crippen molar-refractivity contribution >= 4 is 11.6 Å². The Balaban J connectivity index is 2.18. The molecule has 0 saturated carbocycles. The summed E-state index contributed by atoms with van der Waals surface area (Å²) in [5.41, 5.74) is 7.21. The van der Waals surface area contributed by atoms with Crippen molar-refractivity contribution in [1.29, 1.82) is 0 Å². The third kappa shape index (κ3) is 2.62. The van der Waals surface area contributed by atoms with E-state index in [0.717, 1.165) is 30.0 Å². The highest BCUT2D eigenvalue weighted by Gasteiger charge is 2.05. The van der Waals surface area contributed by atoms with Crippen LogP contribution in [0.5, 0.6) is 0 Å². The maximum absolute atomic E-state index is 5.91. The summed E-state index contributed by atoms with van der Waals surface area (Å²) < 4.78 is 5.35. The standard InChI is InChI=1S/C12H13ClN2O/c13-10-4-1-3-9(7-10)11-8-16-12(15-11)5-2-6-14/h1,3-4,7-8H,2,5-6,14H2. The molecular weight excluding hydrogens is 224 g/mol. The van der Waals surface area contributed by atoms with E-state index in [1.54, 1.807) is 6.26 Å². The lowest BCUT2D eigenvalue weighted by molar-refractivity contribution is 0.488. The van der Waals surface area contributed by atoms with Crippen molar-refractivity contribution in [3.05, 3.63) is 41.4 Å². The molecule has 0 radical (unpaired) electrons. The molecule has 3 nitrogen and oxygen atoms in total. The summed E-state index contributed by atoms with van der Waals surface area (Å²) in [5.74, 6) is 0.723. The third-order valence-corrected chi connectivity index (χ3v) is 2.50. The molecule has 0 spiro atoms. The predicted molar refractivity (Wildman–Crippen MR) is 64.3 cm³/mol. The molecule has 16 heavy (non-hydrogen) atoms. The van der Waals surface area contributed by atoms with Gasteiger partial charge in [-0.1, -0.05) is 23.7 Å². The second-order valence-corrected chi connectivity index (χ2v) is 3.97. The Morgan fingerprint density at radius 2 is 2.25 bits per heavy atom. The molecule has 0 unspecified atom stereocenters. The Morgan fingerprint density at radius 1 is 1.38 bits per heavy atom. The van der Waals surface area contributed by atoms with Gasteiger partial charge in [0.15, 0.2) is 5.89 Å². The van der Waals surface area contributed by atoms with Crippen LogP contribution in [0.1, 0.15) is 12.3 Å². The van der Waals surface area contributed by atoms with Crippen LogP contribution in [0.15, 0.2) is 34.9 Å². The van der Waals surface area contributed by atoms with E-state index in [-0.39, 0.29) is 0 Å². The number of nitrogens with zero attached hydrogens (tertiary/aromatic N) is 1. The molecule has 2 aromatic rings. The van der Waals surface area contributed by atoms with Gasteiger partial charge in [0.25, 0.3) is 0 Å². The van der Waals surface area contributed by atoms with Gasteiger partial charge in [-0.05, 0) is 25.1 Å².